The van der Waals surface area contributed by atoms with Gasteiger partial charge < -0.3 is 15.0 Å². The summed E-state index contributed by atoms with van der Waals surface area (Å²) in [7, 11) is 0. The number of fused-ring (bicyclic) bond motifs is 2. The Morgan fingerprint density at radius 1 is 1.21 bits per heavy atom. The van der Waals surface area contributed by atoms with Gasteiger partial charge in [-0.1, -0.05) is 6.07 Å². The number of carbonyl (C=O) groups is 2. The van der Waals surface area contributed by atoms with E-state index in [9.17, 15) is 9.59 Å². The molecule has 3 fully saturated rings. The number of nitrogens with zero attached hydrogens (tertiary/aromatic N) is 2. The normalized spacial score (nSPS) is 32.3. The van der Waals surface area contributed by atoms with Gasteiger partial charge in [-0.3, -0.25) is 9.59 Å². The number of amides is 2. The first-order valence-corrected chi connectivity index (χ1v) is 8.87. The van der Waals surface area contributed by atoms with Crippen molar-refractivity contribution in [3.05, 3.63) is 24.4 Å². The smallest absolute Gasteiger partial charge is 0.227 e. The van der Waals surface area contributed by atoms with Crippen molar-refractivity contribution in [3.8, 4) is 5.88 Å². The zero-order valence-electron chi connectivity index (χ0n) is 13.7. The first-order valence-electron chi connectivity index (χ1n) is 8.87. The monoisotopic (exact) mass is 329 g/mol. The molecule has 24 heavy (non-hydrogen) atoms. The summed E-state index contributed by atoms with van der Waals surface area (Å²) < 4.78 is 6.02. The number of hydrogen-bond donors (Lipinski definition) is 1. The van der Waals surface area contributed by atoms with Crippen molar-refractivity contribution in [3.63, 3.8) is 0 Å². The van der Waals surface area contributed by atoms with Gasteiger partial charge in [0, 0.05) is 50.2 Å². The third kappa shape index (κ3) is 2.97. The van der Waals surface area contributed by atoms with Crippen LogP contribution in [0.3, 0.4) is 0 Å². The van der Waals surface area contributed by atoms with Crippen molar-refractivity contribution in [1.82, 2.24) is 15.2 Å². The number of ether oxygens (including phenoxy) is 1. The van der Waals surface area contributed by atoms with Gasteiger partial charge in [-0.25, -0.2) is 4.98 Å². The van der Waals surface area contributed by atoms with Crippen LogP contribution in [-0.4, -0.2) is 46.4 Å². The summed E-state index contributed by atoms with van der Waals surface area (Å²) in [5.41, 5.74) is 0. The molecule has 0 spiro atoms. The number of pyridine rings is 1. The molecule has 0 radical (unpaired) electrons. The first kappa shape index (κ1) is 15.4. The Kier molecular flexibility index (Phi) is 4.12. The van der Waals surface area contributed by atoms with E-state index in [1.807, 2.05) is 18.2 Å². The van der Waals surface area contributed by atoms with Crippen LogP contribution in [0.25, 0.3) is 0 Å². The third-order valence-corrected chi connectivity index (χ3v) is 5.48. The lowest BCUT2D eigenvalue weighted by Crippen LogP contribution is -2.53. The molecule has 0 saturated carbocycles. The number of piperidine rings is 2. The van der Waals surface area contributed by atoms with E-state index < -0.39 is 0 Å². The lowest BCUT2D eigenvalue weighted by atomic mass is 9.93. The maximum atomic E-state index is 12.9. The van der Waals surface area contributed by atoms with Crippen LogP contribution in [0.4, 0.5) is 0 Å². The second kappa shape index (κ2) is 6.42. The topological polar surface area (TPSA) is 71.5 Å². The van der Waals surface area contributed by atoms with Crippen LogP contribution in [0.5, 0.6) is 5.88 Å². The van der Waals surface area contributed by atoms with Crippen molar-refractivity contribution < 1.29 is 14.3 Å². The molecule has 128 valence electrons. The maximum Gasteiger partial charge on any atom is 0.227 e. The van der Waals surface area contributed by atoms with Gasteiger partial charge in [-0.05, 0) is 25.3 Å². The Labute approximate surface area is 141 Å². The highest BCUT2D eigenvalue weighted by molar-refractivity contribution is 5.84. The predicted molar refractivity (Wildman–Crippen MR) is 87.3 cm³/mol. The molecule has 1 aromatic rings. The van der Waals surface area contributed by atoms with E-state index in [0.29, 0.717) is 25.3 Å². The highest BCUT2D eigenvalue weighted by Crippen LogP contribution is 2.38. The van der Waals surface area contributed by atoms with E-state index in [1.54, 1.807) is 6.20 Å². The lowest BCUT2D eigenvalue weighted by Gasteiger charge is -2.41. The summed E-state index contributed by atoms with van der Waals surface area (Å²) in [5, 5.41) is 2.82. The van der Waals surface area contributed by atoms with Gasteiger partial charge in [0.25, 0.3) is 0 Å². The SMILES string of the molecule is O=C1CCC(C(=O)N2C3CCC2CC(Oc2ccccn2)C3)CN1. The largest absolute Gasteiger partial charge is 0.474 e. The average molecular weight is 329 g/mol. The van der Waals surface area contributed by atoms with Gasteiger partial charge in [0.05, 0.1) is 5.92 Å². The Balaban J connectivity index is 1.39. The summed E-state index contributed by atoms with van der Waals surface area (Å²) in [5.74, 6) is 0.888. The fourth-order valence-corrected chi connectivity index (χ4v) is 4.33. The van der Waals surface area contributed by atoms with Gasteiger partial charge in [-0.2, -0.15) is 0 Å². The van der Waals surface area contributed by atoms with Gasteiger partial charge in [-0.15, -0.1) is 0 Å². The molecule has 3 saturated heterocycles. The average Bonchev–Trinajstić information content (AvgIpc) is 2.87. The van der Waals surface area contributed by atoms with Crippen LogP contribution in [0.1, 0.15) is 38.5 Å². The minimum atomic E-state index is -0.0564. The van der Waals surface area contributed by atoms with Crippen molar-refractivity contribution in [2.75, 3.05) is 6.54 Å². The van der Waals surface area contributed by atoms with Gasteiger partial charge in [0.1, 0.15) is 6.10 Å². The molecule has 0 aliphatic carbocycles. The zero-order chi connectivity index (χ0) is 16.5. The molecule has 6 heteroatoms. The van der Waals surface area contributed by atoms with Gasteiger partial charge >= 0.3 is 0 Å². The van der Waals surface area contributed by atoms with E-state index in [-0.39, 0.29) is 35.9 Å². The second-order valence-electron chi connectivity index (χ2n) is 7.05. The maximum absolute atomic E-state index is 12.9. The van der Waals surface area contributed by atoms with E-state index in [1.165, 1.54) is 0 Å². The van der Waals surface area contributed by atoms with E-state index in [0.717, 1.165) is 25.7 Å². The fourth-order valence-electron chi connectivity index (χ4n) is 4.33. The Morgan fingerprint density at radius 3 is 2.62 bits per heavy atom. The molecule has 2 bridgehead atoms. The van der Waals surface area contributed by atoms with Crippen molar-refractivity contribution in [2.24, 2.45) is 5.92 Å². The second-order valence-corrected chi connectivity index (χ2v) is 7.05. The molecule has 3 atom stereocenters. The molecule has 3 aliphatic heterocycles. The number of nitrogens with one attached hydrogen (secondary N) is 1. The van der Waals surface area contributed by atoms with Crippen LogP contribution < -0.4 is 10.1 Å². The Morgan fingerprint density at radius 2 is 2.00 bits per heavy atom. The minimum absolute atomic E-state index is 0.0564. The van der Waals surface area contributed by atoms with Crippen LogP contribution in [-0.2, 0) is 9.59 Å². The van der Waals surface area contributed by atoms with Crippen molar-refractivity contribution in [2.45, 2.75) is 56.7 Å². The number of carbonyl (C=O) groups excluding carboxylic acids is 2. The molecular weight excluding hydrogens is 306 g/mol. The molecule has 6 nitrogen and oxygen atoms in total. The van der Waals surface area contributed by atoms with Gasteiger partial charge in [0.2, 0.25) is 17.7 Å². The van der Waals surface area contributed by atoms with Gasteiger partial charge in [0.15, 0.2) is 0 Å². The minimum Gasteiger partial charge on any atom is -0.474 e. The summed E-state index contributed by atoms with van der Waals surface area (Å²) >= 11 is 0. The van der Waals surface area contributed by atoms with Crippen molar-refractivity contribution >= 4 is 11.8 Å². The van der Waals surface area contributed by atoms with Crippen LogP contribution in [0, 0.1) is 5.92 Å². The quantitative estimate of drug-likeness (QED) is 0.912. The molecule has 1 aromatic heterocycles. The Hall–Kier alpha value is -2.11. The fraction of sp³-hybridized carbons (Fsp3) is 0.611. The molecule has 0 aromatic carbocycles. The lowest BCUT2D eigenvalue weighted by molar-refractivity contribution is -0.143. The first-order chi connectivity index (χ1) is 11.7. The molecule has 4 rings (SSSR count). The van der Waals surface area contributed by atoms with Crippen molar-refractivity contribution in [1.29, 1.82) is 0 Å². The zero-order valence-corrected chi connectivity index (χ0v) is 13.7. The predicted octanol–water partition coefficient (Wildman–Crippen LogP) is 1.51. The third-order valence-electron chi connectivity index (χ3n) is 5.48. The molecular formula is C18H23N3O3. The highest BCUT2D eigenvalue weighted by atomic mass is 16.5. The van der Waals surface area contributed by atoms with Crippen LogP contribution >= 0.6 is 0 Å². The van der Waals surface area contributed by atoms with Crippen LogP contribution in [0.15, 0.2) is 24.4 Å². The van der Waals surface area contributed by atoms with E-state index >= 15 is 0 Å². The molecule has 4 heterocycles. The van der Waals surface area contributed by atoms with Crippen LogP contribution in [0.2, 0.25) is 0 Å². The standard InChI is InChI=1S/C18H23N3O3/c22-16-7-4-12(11-20-16)18(23)21-13-5-6-14(21)10-15(9-13)24-17-3-1-2-8-19-17/h1-3,8,12-15H,4-7,9-11H2,(H,20,22). The number of hydrogen-bond acceptors (Lipinski definition) is 4. The molecule has 3 aliphatic rings. The molecule has 1 N–H and O–H groups in total. The molecule has 3 unspecified atom stereocenters. The molecule has 2 amide bonds. The van der Waals surface area contributed by atoms with E-state index in [4.69, 9.17) is 4.74 Å². The Bertz CT molecular complexity index is 597. The summed E-state index contributed by atoms with van der Waals surface area (Å²) in [6.45, 7) is 0.488. The summed E-state index contributed by atoms with van der Waals surface area (Å²) in [6.07, 6.45) is 6.86. The highest BCUT2D eigenvalue weighted by Gasteiger charge is 2.45. The number of rotatable bonds is 3. The summed E-state index contributed by atoms with van der Waals surface area (Å²) in [6, 6.07) is 6.21. The number of aromatic nitrogens is 1. The summed E-state index contributed by atoms with van der Waals surface area (Å²) in [4.78, 5) is 30.5. The van der Waals surface area contributed by atoms with E-state index in [2.05, 4.69) is 15.2 Å².